The van der Waals surface area contributed by atoms with Crippen LogP contribution in [0.4, 0.5) is 0 Å². The molecule has 1 aromatic carbocycles. The smallest absolute Gasteiger partial charge is 0.242 e. The monoisotopic (exact) mass is 382 g/mol. The molecule has 0 aliphatic heterocycles. The SMILES string of the molecule is CCNC(=NCc1ccccc1S(=O)(=O)N(C)C)NC(C)CCC(C)C. The van der Waals surface area contributed by atoms with Crippen LogP contribution in [0.25, 0.3) is 0 Å². The number of aliphatic imine (C=N–C) groups is 1. The lowest BCUT2D eigenvalue weighted by atomic mass is 10.0. The van der Waals surface area contributed by atoms with Crippen molar-refractivity contribution in [1.82, 2.24) is 14.9 Å². The van der Waals surface area contributed by atoms with Crippen LogP contribution < -0.4 is 10.6 Å². The number of nitrogens with zero attached hydrogens (tertiary/aromatic N) is 2. The molecule has 0 radical (unpaired) electrons. The molecule has 0 saturated carbocycles. The Kier molecular flexibility index (Phi) is 9.08. The van der Waals surface area contributed by atoms with Crippen molar-refractivity contribution in [2.75, 3.05) is 20.6 Å². The molecule has 0 amide bonds. The first-order valence-corrected chi connectivity index (χ1v) is 10.7. The van der Waals surface area contributed by atoms with E-state index in [-0.39, 0.29) is 0 Å². The van der Waals surface area contributed by atoms with Crippen molar-refractivity contribution in [1.29, 1.82) is 0 Å². The van der Waals surface area contributed by atoms with Crippen LogP contribution in [0.3, 0.4) is 0 Å². The second-order valence-electron chi connectivity index (χ2n) is 7.11. The average molecular weight is 383 g/mol. The standard InChI is InChI=1S/C19H34N4O2S/c1-7-20-19(22-16(4)13-12-15(2)3)21-14-17-10-8-9-11-18(17)26(24,25)23(5)6/h8-11,15-16H,7,12-14H2,1-6H3,(H2,20,21,22). The number of sulfonamides is 1. The van der Waals surface area contributed by atoms with Crippen LogP contribution in [-0.2, 0) is 16.6 Å². The fraction of sp³-hybridized carbons (Fsp3) is 0.632. The summed E-state index contributed by atoms with van der Waals surface area (Å²) in [6, 6.07) is 7.32. The van der Waals surface area contributed by atoms with Crippen LogP contribution in [0.2, 0.25) is 0 Å². The van der Waals surface area contributed by atoms with Gasteiger partial charge in [0, 0.05) is 26.7 Å². The van der Waals surface area contributed by atoms with E-state index >= 15 is 0 Å². The Balaban J connectivity index is 2.94. The van der Waals surface area contributed by atoms with Crippen molar-refractivity contribution >= 4 is 16.0 Å². The van der Waals surface area contributed by atoms with Crippen LogP contribution in [0, 0.1) is 5.92 Å². The van der Waals surface area contributed by atoms with Gasteiger partial charge in [-0.05, 0) is 44.2 Å². The summed E-state index contributed by atoms with van der Waals surface area (Å²) in [6.45, 7) is 9.64. The van der Waals surface area contributed by atoms with Crippen LogP contribution >= 0.6 is 0 Å². The van der Waals surface area contributed by atoms with Gasteiger partial charge in [0.2, 0.25) is 10.0 Å². The summed E-state index contributed by atoms with van der Waals surface area (Å²) in [5.41, 5.74) is 0.688. The molecule has 0 aliphatic rings. The molecule has 148 valence electrons. The van der Waals surface area contributed by atoms with E-state index in [0.717, 1.165) is 19.4 Å². The third kappa shape index (κ3) is 6.96. The van der Waals surface area contributed by atoms with Crippen molar-refractivity contribution in [3.8, 4) is 0 Å². The van der Waals surface area contributed by atoms with Crippen LogP contribution in [0.15, 0.2) is 34.2 Å². The molecule has 0 fully saturated rings. The minimum atomic E-state index is -3.49. The molecule has 0 spiro atoms. The van der Waals surface area contributed by atoms with Crippen molar-refractivity contribution in [2.45, 2.75) is 58.0 Å². The largest absolute Gasteiger partial charge is 0.357 e. The summed E-state index contributed by atoms with van der Waals surface area (Å²) < 4.78 is 26.2. The third-order valence-corrected chi connectivity index (χ3v) is 5.96. The highest BCUT2D eigenvalue weighted by atomic mass is 32.2. The van der Waals surface area contributed by atoms with E-state index in [4.69, 9.17) is 0 Å². The van der Waals surface area contributed by atoms with Crippen LogP contribution in [0.5, 0.6) is 0 Å². The van der Waals surface area contributed by atoms with E-state index in [1.54, 1.807) is 12.1 Å². The lowest BCUT2D eigenvalue weighted by Crippen LogP contribution is -2.42. The van der Waals surface area contributed by atoms with E-state index in [1.807, 2.05) is 19.1 Å². The summed E-state index contributed by atoms with van der Waals surface area (Å²) in [7, 11) is -0.407. The van der Waals surface area contributed by atoms with Crippen molar-refractivity contribution in [3.05, 3.63) is 29.8 Å². The molecule has 0 bridgehead atoms. The number of hydrogen-bond donors (Lipinski definition) is 2. The van der Waals surface area contributed by atoms with Crippen LogP contribution in [0.1, 0.15) is 46.1 Å². The number of guanidine groups is 1. The van der Waals surface area contributed by atoms with Gasteiger partial charge in [0.05, 0.1) is 11.4 Å². The highest BCUT2D eigenvalue weighted by molar-refractivity contribution is 7.89. The molecule has 0 saturated heterocycles. The highest BCUT2D eigenvalue weighted by Gasteiger charge is 2.20. The summed E-state index contributed by atoms with van der Waals surface area (Å²) in [5, 5.41) is 6.63. The fourth-order valence-corrected chi connectivity index (χ4v) is 3.56. The molecule has 7 heteroatoms. The van der Waals surface area contributed by atoms with Crippen molar-refractivity contribution < 1.29 is 8.42 Å². The molecule has 1 rings (SSSR count). The first kappa shape index (κ1) is 22.4. The van der Waals surface area contributed by atoms with Gasteiger partial charge in [-0.15, -0.1) is 0 Å². The Morgan fingerprint density at radius 2 is 1.81 bits per heavy atom. The average Bonchev–Trinajstić information content (AvgIpc) is 2.58. The molecule has 1 unspecified atom stereocenters. The molecule has 6 nitrogen and oxygen atoms in total. The molecule has 0 heterocycles. The topological polar surface area (TPSA) is 73.8 Å². The predicted molar refractivity (Wildman–Crippen MR) is 109 cm³/mol. The Morgan fingerprint density at radius 1 is 1.15 bits per heavy atom. The molecule has 0 aliphatic carbocycles. The Morgan fingerprint density at radius 3 is 2.38 bits per heavy atom. The Hall–Kier alpha value is -1.60. The van der Waals surface area contributed by atoms with E-state index in [0.29, 0.717) is 34.9 Å². The maximum atomic E-state index is 12.5. The van der Waals surface area contributed by atoms with Gasteiger partial charge >= 0.3 is 0 Å². The summed E-state index contributed by atoms with van der Waals surface area (Å²) >= 11 is 0. The number of nitrogens with one attached hydrogen (secondary N) is 2. The first-order valence-electron chi connectivity index (χ1n) is 9.23. The summed E-state index contributed by atoms with van der Waals surface area (Å²) in [4.78, 5) is 4.90. The first-order chi connectivity index (χ1) is 12.2. The normalized spacial score (nSPS) is 13.9. The zero-order valence-corrected chi connectivity index (χ0v) is 17.7. The van der Waals surface area contributed by atoms with Crippen molar-refractivity contribution in [2.24, 2.45) is 10.9 Å². The van der Waals surface area contributed by atoms with Gasteiger partial charge in [0.1, 0.15) is 0 Å². The Bertz CT molecular complexity index is 685. The van der Waals surface area contributed by atoms with Gasteiger partial charge < -0.3 is 10.6 Å². The molecular weight excluding hydrogens is 348 g/mol. The maximum absolute atomic E-state index is 12.5. The molecule has 0 aromatic heterocycles. The van der Waals surface area contributed by atoms with E-state index < -0.39 is 10.0 Å². The molecule has 26 heavy (non-hydrogen) atoms. The van der Waals surface area contributed by atoms with Crippen molar-refractivity contribution in [3.63, 3.8) is 0 Å². The highest BCUT2D eigenvalue weighted by Crippen LogP contribution is 2.19. The molecule has 1 atom stereocenters. The minimum absolute atomic E-state index is 0.301. The lowest BCUT2D eigenvalue weighted by Gasteiger charge is -2.19. The second-order valence-corrected chi connectivity index (χ2v) is 9.23. The van der Waals surface area contributed by atoms with Gasteiger partial charge in [-0.2, -0.15) is 0 Å². The van der Waals surface area contributed by atoms with Crippen LogP contribution in [-0.4, -0.2) is 45.4 Å². The number of rotatable bonds is 9. The van der Waals surface area contributed by atoms with Gasteiger partial charge in [0.15, 0.2) is 5.96 Å². The zero-order valence-electron chi connectivity index (χ0n) is 16.9. The van der Waals surface area contributed by atoms with E-state index in [2.05, 4.69) is 36.4 Å². The quantitative estimate of drug-likeness (QED) is 0.509. The van der Waals surface area contributed by atoms with Gasteiger partial charge in [0.25, 0.3) is 0 Å². The molecular formula is C19H34N4O2S. The number of hydrogen-bond acceptors (Lipinski definition) is 3. The lowest BCUT2D eigenvalue weighted by molar-refractivity contribution is 0.489. The molecule has 2 N–H and O–H groups in total. The second kappa shape index (κ2) is 10.5. The van der Waals surface area contributed by atoms with Gasteiger partial charge in [-0.25, -0.2) is 17.7 Å². The molecule has 1 aromatic rings. The Labute approximate surface area is 159 Å². The van der Waals surface area contributed by atoms with Gasteiger partial charge in [-0.3, -0.25) is 0 Å². The summed E-state index contributed by atoms with van der Waals surface area (Å²) in [5.74, 6) is 1.38. The van der Waals surface area contributed by atoms with Gasteiger partial charge in [-0.1, -0.05) is 32.0 Å². The minimum Gasteiger partial charge on any atom is -0.357 e. The van der Waals surface area contributed by atoms with E-state index in [1.165, 1.54) is 18.4 Å². The fourth-order valence-electron chi connectivity index (χ4n) is 2.46. The third-order valence-electron chi connectivity index (χ3n) is 4.04. The maximum Gasteiger partial charge on any atom is 0.242 e. The zero-order chi connectivity index (χ0) is 19.7. The number of benzene rings is 1. The van der Waals surface area contributed by atoms with E-state index in [9.17, 15) is 8.42 Å². The summed E-state index contributed by atoms with van der Waals surface area (Å²) in [6.07, 6.45) is 2.21. The predicted octanol–water partition coefficient (Wildman–Crippen LogP) is 2.82.